The molecule has 5 nitrogen and oxygen atoms in total. The maximum absolute atomic E-state index is 12.5. The Labute approximate surface area is 155 Å². The number of para-hydroxylation sites is 1. The predicted octanol–water partition coefficient (Wildman–Crippen LogP) is 4.32. The largest absolute Gasteiger partial charge is 0.458 e. The highest BCUT2D eigenvalue weighted by Gasteiger charge is 2.33. The summed E-state index contributed by atoms with van der Waals surface area (Å²) in [5.41, 5.74) is 1.32. The number of hydrazone groups is 1. The molecule has 0 saturated heterocycles. The number of amides is 1. The number of carbonyl (C=O) groups excluding carboxylic acids is 2. The van der Waals surface area contributed by atoms with Crippen molar-refractivity contribution in [3.05, 3.63) is 30.3 Å². The van der Waals surface area contributed by atoms with Gasteiger partial charge < -0.3 is 4.74 Å². The first kappa shape index (κ1) is 18.6. The molecule has 140 valence electrons. The van der Waals surface area contributed by atoms with E-state index in [1.54, 1.807) is 0 Å². The molecule has 0 aromatic heterocycles. The lowest BCUT2D eigenvalue weighted by Crippen LogP contribution is -2.37. The van der Waals surface area contributed by atoms with Crippen LogP contribution in [0.3, 0.4) is 0 Å². The molecule has 1 fully saturated rings. The molecule has 0 N–H and O–H groups in total. The van der Waals surface area contributed by atoms with Gasteiger partial charge in [0.25, 0.3) is 0 Å². The molecule has 26 heavy (non-hydrogen) atoms. The Morgan fingerprint density at radius 3 is 2.35 bits per heavy atom. The van der Waals surface area contributed by atoms with Crippen LogP contribution < -0.4 is 5.01 Å². The van der Waals surface area contributed by atoms with Gasteiger partial charge in [-0.05, 0) is 49.1 Å². The molecular formula is C21H28N2O3. The number of rotatable bonds is 3. The van der Waals surface area contributed by atoms with Gasteiger partial charge in [0.2, 0.25) is 5.91 Å². The zero-order valence-electron chi connectivity index (χ0n) is 15.9. The fraction of sp³-hybridized carbons (Fsp3) is 0.571. The Balaban J connectivity index is 1.62. The minimum Gasteiger partial charge on any atom is -0.458 e. The summed E-state index contributed by atoms with van der Waals surface area (Å²) in [4.78, 5) is 24.7. The zero-order chi connectivity index (χ0) is 18.7. The molecule has 0 bridgehead atoms. The van der Waals surface area contributed by atoms with Crippen molar-refractivity contribution in [1.29, 1.82) is 0 Å². The van der Waals surface area contributed by atoms with Crippen LogP contribution in [0.1, 0.15) is 59.3 Å². The highest BCUT2D eigenvalue weighted by Crippen LogP contribution is 2.38. The number of esters is 1. The number of anilines is 1. The highest BCUT2D eigenvalue weighted by atomic mass is 16.5. The van der Waals surface area contributed by atoms with E-state index < -0.39 is 0 Å². The van der Waals surface area contributed by atoms with Crippen LogP contribution >= 0.6 is 0 Å². The van der Waals surface area contributed by atoms with E-state index in [9.17, 15) is 9.59 Å². The number of hydrogen-bond acceptors (Lipinski definition) is 4. The summed E-state index contributed by atoms with van der Waals surface area (Å²) >= 11 is 0. The number of ether oxygens (including phenoxy) is 1. The van der Waals surface area contributed by atoms with Crippen molar-refractivity contribution in [2.45, 2.75) is 65.4 Å². The first-order valence-electron chi connectivity index (χ1n) is 9.51. The van der Waals surface area contributed by atoms with E-state index in [-0.39, 0.29) is 24.4 Å². The van der Waals surface area contributed by atoms with Crippen LogP contribution in [-0.4, -0.2) is 23.7 Å². The van der Waals surface area contributed by atoms with Crippen LogP contribution in [0.25, 0.3) is 0 Å². The zero-order valence-corrected chi connectivity index (χ0v) is 15.9. The number of carbonyl (C=O) groups is 2. The lowest BCUT2D eigenvalue weighted by molar-refractivity contribution is -0.143. The molecule has 5 heteroatoms. The summed E-state index contributed by atoms with van der Waals surface area (Å²) in [5.74, 6) is 0.201. The number of nitrogens with zero attached hydrogens (tertiary/aromatic N) is 2. The van der Waals surface area contributed by atoms with Crippen LogP contribution in [0.4, 0.5) is 5.69 Å². The lowest BCUT2D eigenvalue weighted by atomic mass is 9.72. The molecule has 1 aliphatic heterocycles. The molecule has 1 aliphatic carbocycles. The fourth-order valence-electron chi connectivity index (χ4n) is 3.74. The summed E-state index contributed by atoms with van der Waals surface area (Å²) in [6, 6.07) is 9.19. The maximum Gasteiger partial charge on any atom is 0.354 e. The SMILES string of the molecule is CC(C)(C)C1CCC(OC(=O)C2=NN(c3ccccc3)C(=O)CC2)CC1. The monoisotopic (exact) mass is 356 g/mol. The standard InChI is InChI=1S/C21H28N2O3/c1-21(2,3)15-9-11-17(12-10-15)26-20(25)18-13-14-19(24)23(22-18)16-7-5-4-6-8-16/h4-8,15,17H,9-14H2,1-3H3. The fourth-order valence-corrected chi connectivity index (χ4v) is 3.74. The Kier molecular flexibility index (Phi) is 5.44. The second kappa shape index (κ2) is 7.60. The Bertz CT molecular complexity index is 683. The van der Waals surface area contributed by atoms with Gasteiger partial charge in [-0.15, -0.1) is 0 Å². The van der Waals surface area contributed by atoms with Crippen molar-refractivity contribution >= 4 is 23.3 Å². The number of hydrogen-bond donors (Lipinski definition) is 0. The van der Waals surface area contributed by atoms with Gasteiger partial charge >= 0.3 is 5.97 Å². The summed E-state index contributed by atoms with van der Waals surface area (Å²) in [6.07, 6.45) is 4.57. The minimum atomic E-state index is -0.377. The Morgan fingerprint density at radius 1 is 1.08 bits per heavy atom. The Hall–Kier alpha value is -2.17. The van der Waals surface area contributed by atoms with Gasteiger partial charge in [0, 0.05) is 12.8 Å². The second-order valence-corrected chi connectivity index (χ2v) is 8.33. The molecule has 1 saturated carbocycles. The van der Waals surface area contributed by atoms with E-state index in [4.69, 9.17) is 4.74 Å². The first-order valence-corrected chi connectivity index (χ1v) is 9.51. The van der Waals surface area contributed by atoms with E-state index in [0.29, 0.717) is 29.2 Å². The third-order valence-corrected chi connectivity index (χ3v) is 5.44. The van der Waals surface area contributed by atoms with Crippen LogP contribution in [0.2, 0.25) is 0 Å². The lowest BCUT2D eigenvalue weighted by Gasteiger charge is -2.36. The Morgan fingerprint density at radius 2 is 1.73 bits per heavy atom. The quantitative estimate of drug-likeness (QED) is 0.758. The van der Waals surface area contributed by atoms with Gasteiger partial charge in [-0.3, -0.25) is 4.79 Å². The third kappa shape index (κ3) is 4.32. The van der Waals surface area contributed by atoms with Crippen molar-refractivity contribution in [1.82, 2.24) is 0 Å². The molecule has 3 rings (SSSR count). The van der Waals surface area contributed by atoms with Crippen LogP contribution in [-0.2, 0) is 14.3 Å². The topological polar surface area (TPSA) is 59.0 Å². The molecule has 0 radical (unpaired) electrons. The van der Waals surface area contributed by atoms with Crippen molar-refractivity contribution in [2.24, 2.45) is 16.4 Å². The van der Waals surface area contributed by atoms with Gasteiger partial charge in [0.05, 0.1) is 5.69 Å². The summed E-state index contributed by atoms with van der Waals surface area (Å²) in [6.45, 7) is 6.82. The van der Waals surface area contributed by atoms with E-state index in [0.717, 1.165) is 25.7 Å². The molecule has 2 aliphatic rings. The smallest absolute Gasteiger partial charge is 0.354 e. The summed E-state index contributed by atoms with van der Waals surface area (Å²) < 4.78 is 5.70. The predicted molar refractivity (Wildman–Crippen MR) is 102 cm³/mol. The normalized spacial score (nSPS) is 24.2. The van der Waals surface area contributed by atoms with Gasteiger partial charge in [0.1, 0.15) is 11.8 Å². The molecule has 0 atom stereocenters. The molecule has 1 aromatic rings. The maximum atomic E-state index is 12.5. The summed E-state index contributed by atoms with van der Waals surface area (Å²) in [5, 5.41) is 5.59. The molecule has 1 amide bonds. The van der Waals surface area contributed by atoms with Gasteiger partial charge in [-0.25, -0.2) is 9.80 Å². The van der Waals surface area contributed by atoms with Crippen molar-refractivity contribution in [3.63, 3.8) is 0 Å². The van der Waals surface area contributed by atoms with Gasteiger partial charge in [0.15, 0.2) is 0 Å². The second-order valence-electron chi connectivity index (χ2n) is 8.33. The van der Waals surface area contributed by atoms with E-state index in [2.05, 4.69) is 25.9 Å². The van der Waals surface area contributed by atoms with E-state index in [1.807, 2.05) is 30.3 Å². The minimum absolute atomic E-state index is 0.0356. The van der Waals surface area contributed by atoms with Crippen molar-refractivity contribution in [3.8, 4) is 0 Å². The molecule has 1 aromatic carbocycles. The number of benzene rings is 1. The van der Waals surface area contributed by atoms with E-state index in [1.165, 1.54) is 5.01 Å². The highest BCUT2D eigenvalue weighted by molar-refractivity contribution is 6.38. The average Bonchev–Trinajstić information content (AvgIpc) is 2.62. The molecule has 1 heterocycles. The van der Waals surface area contributed by atoms with Gasteiger partial charge in [-0.1, -0.05) is 39.0 Å². The van der Waals surface area contributed by atoms with E-state index >= 15 is 0 Å². The molecule has 0 spiro atoms. The summed E-state index contributed by atoms with van der Waals surface area (Å²) in [7, 11) is 0. The van der Waals surface area contributed by atoms with Gasteiger partial charge in [-0.2, -0.15) is 5.10 Å². The molecule has 0 unspecified atom stereocenters. The third-order valence-electron chi connectivity index (χ3n) is 5.44. The van der Waals surface area contributed by atoms with Crippen LogP contribution in [0.5, 0.6) is 0 Å². The van der Waals surface area contributed by atoms with Crippen LogP contribution in [0.15, 0.2) is 35.4 Å². The first-order chi connectivity index (χ1) is 12.3. The van der Waals surface area contributed by atoms with Crippen molar-refractivity contribution in [2.75, 3.05) is 5.01 Å². The van der Waals surface area contributed by atoms with Crippen LogP contribution in [0, 0.1) is 11.3 Å². The van der Waals surface area contributed by atoms with Crippen molar-refractivity contribution < 1.29 is 14.3 Å². The average molecular weight is 356 g/mol. The molecular weight excluding hydrogens is 328 g/mol.